The fraction of sp³-hybridized carbons (Fsp3) is 0.385. The number of nitrogens with zero attached hydrogens (tertiary/aromatic N) is 2. The van der Waals surface area contributed by atoms with Crippen LogP contribution >= 0.6 is 11.6 Å². The number of fused-ring (bicyclic) bond motifs is 1. The third kappa shape index (κ3) is 2.86. The molecular weight excluding hydrogens is 234 g/mol. The van der Waals surface area contributed by atoms with E-state index in [0.717, 1.165) is 16.7 Å². The van der Waals surface area contributed by atoms with Crippen LogP contribution in [0.25, 0.3) is 10.9 Å². The summed E-state index contributed by atoms with van der Waals surface area (Å²) >= 11 is 6.21. The van der Waals surface area contributed by atoms with E-state index in [2.05, 4.69) is 29.1 Å². The smallest absolute Gasteiger partial charge is 0.137 e. The Kier molecular flexibility index (Phi) is 3.79. The number of rotatable bonds is 4. The average molecular weight is 250 g/mol. The van der Waals surface area contributed by atoms with Crippen molar-refractivity contribution in [3.8, 4) is 0 Å². The Balaban J connectivity index is 2.19. The van der Waals surface area contributed by atoms with Gasteiger partial charge >= 0.3 is 0 Å². The summed E-state index contributed by atoms with van der Waals surface area (Å²) in [5, 5.41) is 4.42. The van der Waals surface area contributed by atoms with Gasteiger partial charge in [-0.3, -0.25) is 0 Å². The Labute approximate surface area is 106 Å². The highest BCUT2D eigenvalue weighted by Crippen LogP contribution is 2.19. The van der Waals surface area contributed by atoms with Gasteiger partial charge in [0.25, 0.3) is 0 Å². The molecule has 3 nitrogen and oxygen atoms in total. The van der Waals surface area contributed by atoms with Crippen molar-refractivity contribution in [1.29, 1.82) is 0 Å². The molecule has 2 rings (SSSR count). The van der Waals surface area contributed by atoms with Crippen LogP contribution in [0.3, 0.4) is 0 Å². The first kappa shape index (κ1) is 12.1. The molecule has 0 aliphatic heterocycles. The van der Waals surface area contributed by atoms with Crippen LogP contribution < -0.4 is 5.32 Å². The third-order valence-electron chi connectivity index (χ3n) is 2.73. The second-order valence-electron chi connectivity index (χ2n) is 4.38. The van der Waals surface area contributed by atoms with Gasteiger partial charge in [-0.05, 0) is 18.1 Å². The lowest BCUT2D eigenvalue weighted by Crippen LogP contribution is -2.20. The van der Waals surface area contributed by atoms with Crippen LogP contribution in [0.1, 0.15) is 13.8 Å². The lowest BCUT2D eigenvalue weighted by molar-refractivity contribution is 0.616. The molecule has 1 atom stereocenters. The molecule has 0 fully saturated rings. The van der Waals surface area contributed by atoms with Gasteiger partial charge in [-0.2, -0.15) is 0 Å². The molecule has 0 aliphatic rings. The van der Waals surface area contributed by atoms with E-state index in [9.17, 15) is 0 Å². The number of para-hydroxylation sites is 1. The van der Waals surface area contributed by atoms with Gasteiger partial charge in [0, 0.05) is 11.9 Å². The molecule has 2 aromatic rings. The van der Waals surface area contributed by atoms with Crippen molar-refractivity contribution in [2.75, 3.05) is 11.9 Å². The molecule has 0 spiro atoms. The van der Waals surface area contributed by atoms with E-state index in [1.54, 1.807) is 6.33 Å². The Morgan fingerprint density at radius 3 is 2.76 bits per heavy atom. The van der Waals surface area contributed by atoms with E-state index >= 15 is 0 Å². The molecule has 0 bridgehead atoms. The Hall–Kier alpha value is -1.35. The van der Waals surface area contributed by atoms with Gasteiger partial charge in [0.15, 0.2) is 0 Å². The first-order chi connectivity index (χ1) is 8.18. The molecule has 1 heterocycles. The van der Waals surface area contributed by atoms with Gasteiger partial charge in [-0.25, -0.2) is 9.97 Å². The minimum Gasteiger partial charge on any atom is -0.368 e. The molecule has 0 aliphatic carbocycles. The van der Waals surface area contributed by atoms with Crippen molar-refractivity contribution in [3.05, 3.63) is 30.6 Å². The zero-order valence-corrected chi connectivity index (χ0v) is 10.8. The second-order valence-corrected chi connectivity index (χ2v) is 4.94. The number of hydrogen-bond acceptors (Lipinski definition) is 3. The maximum Gasteiger partial charge on any atom is 0.137 e. The normalized spacial score (nSPS) is 12.9. The lowest BCUT2D eigenvalue weighted by atomic mass is 10.1. The molecule has 1 aromatic carbocycles. The van der Waals surface area contributed by atoms with E-state index < -0.39 is 0 Å². The minimum atomic E-state index is 0.101. The summed E-state index contributed by atoms with van der Waals surface area (Å²) in [4.78, 5) is 8.48. The number of anilines is 1. The first-order valence-electron chi connectivity index (χ1n) is 5.76. The van der Waals surface area contributed by atoms with Gasteiger partial charge in [0.2, 0.25) is 0 Å². The van der Waals surface area contributed by atoms with E-state index in [1.807, 2.05) is 24.3 Å². The molecular formula is C13H16ClN3. The fourth-order valence-electron chi connectivity index (χ4n) is 1.58. The summed E-state index contributed by atoms with van der Waals surface area (Å²) in [7, 11) is 0. The van der Waals surface area contributed by atoms with E-state index in [0.29, 0.717) is 12.5 Å². The molecule has 90 valence electrons. The van der Waals surface area contributed by atoms with Gasteiger partial charge < -0.3 is 5.32 Å². The van der Waals surface area contributed by atoms with Crippen molar-refractivity contribution in [1.82, 2.24) is 9.97 Å². The molecule has 1 unspecified atom stereocenters. The molecule has 0 radical (unpaired) electrons. The Morgan fingerprint density at radius 2 is 2.00 bits per heavy atom. The lowest BCUT2D eigenvalue weighted by Gasteiger charge is -2.15. The second kappa shape index (κ2) is 5.32. The van der Waals surface area contributed by atoms with E-state index in [1.165, 1.54) is 0 Å². The maximum atomic E-state index is 6.21. The summed E-state index contributed by atoms with van der Waals surface area (Å²) in [5.74, 6) is 1.29. The number of hydrogen-bond donors (Lipinski definition) is 1. The van der Waals surface area contributed by atoms with E-state index in [-0.39, 0.29) is 5.38 Å². The van der Waals surface area contributed by atoms with Crippen molar-refractivity contribution in [2.45, 2.75) is 19.2 Å². The molecule has 0 saturated carbocycles. The van der Waals surface area contributed by atoms with Gasteiger partial charge in [-0.1, -0.05) is 26.0 Å². The number of benzene rings is 1. The van der Waals surface area contributed by atoms with Crippen LogP contribution in [0.5, 0.6) is 0 Å². The summed E-state index contributed by atoms with van der Waals surface area (Å²) in [6.07, 6.45) is 1.57. The van der Waals surface area contributed by atoms with Crippen LogP contribution in [0.4, 0.5) is 5.82 Å². The average Bonchev–Trinajstić information content (AvgIpc) is 2.35. The maximum absolute atomic E-state index is 6.21. The van der Waals surface area contributed by atoms with Crippen LogP contribution in [-0.4, -0.2) is 21.9 Å². The van der Waals surface area contributed by atoms with Crippen molar-refractivity contribution in [2.24, 2.45) is 5.92 Å². The van der Waals surface area contributed by atoms with Crippen molar-refractivity contribution < 1.29 is 0 Å². The summed E-state index contributed by atoms with van der Waals surface area (Å²) in [5.41, 5.74) is 0.945. The Morgan fingerprint density at radius 1 is 1.24 bits per heavy atom. The first-order valence-corrected chi connectivity index (χ1v) is 6.20. The van der Waals surface area contributed by atoms with Crippen LogP contribution in [-0.2, 0) is 0 Å². The number of alkyl halides is 1. The van der Waals surface area contributed by atoms with Gasteiger partial charge in [0.05, 0.1) is 10.9 Å². The van der Waals surface area contributed by atoms with Crippen LogP contribution in [0.15, 0.2) is 30.6 Å². The van der Waals surface area contributed by atoms with Gasteiger partial charge in [0.1, 0.15) is 12.1 Å². The zero-order valence-electron chi connectivity index (χ0n) is 10.0. The predicted octanol–water partition coefficient (Wildman–Crippen LogP) is 3.31. The highest BCUT2D eigenvalue weighted by Gasteiger charge is 2.10. The molecule has 4 heteroatoms. The summed E-state index contributed by atoms with van der Waals surface area (Å²) in [6, 6.07) is 7.94. The quantitative estimate of drug-likeness (QED) is 0.845. The molecule has 1 N–H and O–H groups in total. The molecule has 0 amide bonds. The highest BCUT2D eigenvalue weighted by molar-refractivity contribution is 6.21. The standard InChI is InChI=1S/C13H16ClN3/c1-9(2)11(14)7-15-13-10-5-3-4-6-12(10)16-8-17-13/h3-6,8-9,11H,7H2,1-2H3,(H,15,16,17). The number of nitrogens with one attached hydrogen (secondary N) is 1. The largest absolute Gasteiger partial charge is 0.368 e. The molecule has 1 aromatic heterocycles. The monoisotopic (exact) mass is 249 g/mol. The van der Waals surface area contributed by atoms with Gasteiger partial charge in [-0.15, -0.1) is 11.6 Å². The predicted molar refractivity (Wildman–Crippen MR) is 72.5 cm³/mol. The fourth-order valence-corrected chi connectivity index (χ4v) is 1.65. The molecule has 0 saturated heterocycles. The topological polar surface area (TPSA) is 37.8 Å². The number of halogens is 1. The minimum absolute atomic E-state index is 0.101. The van der Waals surface area contributed by atoms with Crippen molar-refractivity contribution >= 4 is 28.3 Å². The highest BCUT2D eigenvalue weighted by atomic mass is 35.5. The third-order valence-corrected chi connectivity index (χ3v) is 3.39. The zero-order chi connectivity index (χ0) is 12.3. The van der Waals surface area contributed by atoms with E-state index in [4.69, 9.17) is 11.6 Å². The molecule has 17 heavy (non-hydrogen) atoms. The van der Waals surface area contributed by atoms with Crippen molar-refractivity contribution in [3.63, 3.8) is 0 Å². The number of aromatic nitrogens is 2. The SMILES string of the molecule is CC(C)C(Cl)CNc1ncnc2ccccc12. The summed E-state index contributed by atoms with van der Waals surface area (Å²) < 4.78 is 0. The van der Waals surface area contributed by atoms with Crippen LogP contribution in [0.2, 0.25) is 0 Å². The summed E-state index contributed by atoms with van der Waals surface area (Å²) in [6.45, 7) is 4.93. The Bertz CT molecular complexity index is 493. The van der Waals surface area contributed by atoms with Crippen LogP contribution in [0, 0.1) is 5.92 Å².